The Balaban J connectivity index is 2.00. The lowest BCUT2D eigenvalue weighted by Gasteiger charge is -2.27. The number of amides is 2. The molecule has 0 spiro atoms. The van der Waals surface area contributed by atoms with Gasteiger partial charge in [0.1, 0.15) is 5.78 Å². The highest BCUT2D eigenvalue weighted by Crippen LogP contribution is 2.30. The van der Waals surface area contributed by atoms with Gasteiger partial charge < -0.3 is 0 Å². The van der Waals surface area contributed by atoms with Gasteiger partial charge in [0.2, 0.25) is 0 Å². The van der Waals surface area contributed by atoms with Crippen LogP contribution in [0.4, 0.5) is 0 Å². The zero-order valence-electron chi connectivity index (χ0n) is 11.0. The average molecular weight is 271 g/mol. The fourth-order valence-electron chi connectivity index (χ4n) is 2.89. The molecule has 0 saturated heterocycles. The Bertz CT molecular complexity index is 662. The van der Waals surface area contributed by atoms with Crippen molar-refractivity contribution in [3.8, 4) is 0 Å². The quantitative estimate of drug-likeness (QED) is 0.570. The molecule has 1 heterocycles. The molecule has 2 amide bonds. The Hall–Kier alpha value is -2.30. The molecule has 3 rings (SSSR count). The summed E-state index contributed by atoms with van der Waals surface area (Å²) in [5, 5.41) is 0. The lowest BCUT2D eigenvalue weighted by Crippen LogP contribution is -2.47. The molecule has 20 heavy (non-hydrogen) atoms. The molecule has 0 bridgehead atoms. The summed E-state index contributed by atoms with van der Waals surface area (Å²) in [6.07, 6.45) is 0.294. The minimum Gasteiger partial charge on any atom is -0.299 e. The smallest absolute Gasteiger partial charge is 0.262 e. The molecule has 1 aliphatic carbocycles. The highest BCUT2D eigenvalue weighted by Gasteiger charge is 2.44. The minimum atomic E-state index is -0.792. The molecule has 0 N–H and O–H groups in total. The maximum atomic E-state index is 12.4. The summed E-state index contributed by atoms with van der Waals surface area (Å²) >= 11 is 0. The Morgan fingerprint density at radius 1 is 1.10 bits per heavy atom. The van der Waals surface area contributed by atoms with Gasteiger partial charge in [-0.2, -0.15) is 0 Å². The lowest BCUT2D eigenvalue weighted by molar-refractivity contribution is -0.132. The molecule has 1 aliphatic heterocycles. The second kappa shape index (κ2) is 4.37. The molecule has 0 radical (unpaired) electrons. The third-order valence-electron chi connectivity index (χ3n) is 3.91. The molecule has 1 fully saturated rings. The van der Waals surface area contributed by atoms with Crippen molar-refractivity contribution >= 4 is 23.4 Å². The van der Waals surface area contributed by atoms with Crippen molar-refractivity contribution in [1.29, 1.82) is 0 Å². The highest BCUT2D eigenvalue weighted by molar-refractivity contribution is 6.24. The number of carbonyl (C=O) groups is 4. The SMILES string of the molecule is Cc1cccc2c1C(=O)N(C1CCC(=O)CC1=O)C2=O. The van der Waals surface area contributed by atoms with E-state index in [0.717, 1.165) is 10.5 Å². The van der Waals surface area contributed by atoms with E-state index in [2.05, 4.69) is 0 Å². The van der Waals surface area contributed by atoms with Gasteiger partial charge in [-0.25, -0.2) is 0 Å². The predicted molar refractivity (Wildman–Crippen MR) is 69.3 cm³/mol. The van der Waals surface area contributed by atoms with Crippen LogP contribution in [0.25, 0.3) is 0 Å². The van der Waals surface area contributed by atoms with E-state index in [4.69, 9.17) is 0 Å². The molecule has 5 nitrogen and oxygen atoms in total. The molecule has 1 aromatic carbocycles. The van der Waals surface area contributed by atoms with Gasteiger partial charge in [-0.1, -0.05) is 12.1 Å². The van der Waals surface area contributed by atoms with E-state index in [-0.39, 0.29) is 30.8 Å². The summed E-state index contributed by atoms with van der Waals surface area (Å²) in [7, 11) is 0. The topological polar surface area (TPSA) is 71.5 Å². The van der Waals surface area contributed by atoms with E-state index in [9.17, 15) is 19.2 Å². The van der Waals surface area contributed by atoms with Crippen LogP contribution in [-0.2, 0) is 9.59 Å². The molecule has 2 aliphatic rings. The number of aryl methyl sites for hydroxylation is 1. The molecular formula is C15H13NO4. The fraction of sp³-hybridized carbons (Fsp3) is 0.333. The molecule has 0 aromatic heterocycles. The number of imide groups is 1. The van der Waals surface area contributed by atoms with Gasteiger partial charge in [0.05, 0.1) is 23.6 Å². The maximum absolute atomic E-state index is 12.4. The highest BCUT2D eigenvalue weighted by atomic mass is 16.2. The van der Waals surface area contributed by atoms with Crippen molar-refractivity contribution in [2.75, 3.05) is 0 Å². The van der Waals surface area contributed by atoms with E-state index < -0.39 is 17.9 Å². The summed E-state index contributed by atoms with van der Waals surface area (Å²) in [6, 6.07) is 4.29. The van der Waals surface area contributed by atoms with Gasteiger partial charge in [-0.15, -0.1) is 0 Å². The van der Waals surface area contributed by atoms with E-state index in [0.29, 0.717) is 11.1 Å². The summed E-state index contributed by atoms with van der Waals surface area (Å²) in [5.74, 6) is -1.32. The van der Waals surface area contributed by atoms with Crippen molar-refractivity contribution in [2.24, 2.45) is 0 Å². The number of fused-ring (bicyclic) bond motifs is 1. The monoisotopic (exact) mass is 271 g/mol. The first-order chi connectivity index (χ1) is 9.50. The number of Topliss-reactive ketones (excluding diaryl/α,β-unsaturated/α-hetero) is 2. The molecule has 1 atom stereocenters. The molecule has 102 valence electrons. The van der Waals surface area contributed by atoms with Gasteiger partial charge in [-0.05, 0) is 25.0 Å². The summed E-state index contributed by atoms with van der Waals surface area (Å²) in [4.78, 5) is 49.0. The first-order valence-corrected chi connectivity index (χ1v) is 6.52. The van der Waals surface area contributed by atoms with Crippen LogP contribution in [0.2, 0.25) is 0 Å². The van der Waals surface area contributed by atoms with Crippen molar-refractivity contribution < 1.29 is 19.2 Å². The van der Waals surface area contributed by atoms with Crippen LogP contribution in [0.1, 0.15) is 45.5 Å². The predicted octanol–water partition coefficient (Wildman–Crippen LogP) is 1.28. The zero-order valence-corrected chi connectivity index (χ0v) is 11.0. The molecule has 1 unspecified atom stereocenters. The summed E-state index contributed by atoms with van der Waals surface area (Å²) in [5.41, 5.74) is 1.45. The Labute approximate surface area is 115 Å². The van der Waals surface area contributed by atoms with Crippen LogP contribution in [-0.4, -0.2) is 34.3 Å². The number of benzene rings is 1. The first-order valence-electron chi connectivity index (χ1n) is 6.52. The van der Waals surface area contributed by atoms with Crippen molar-refractivity contribution in [1.82, 2.24) is 4.90 Å². The number of hydrogen-bond donors (Lipinski definition) is 0. The minimum absolute atomic E-state index is 0.126. The summed E-state index contributed by atoms with van der Waals surface area (Å²) in [6.45, 7) is 1.76. The van der Waals surface area contributed by atoms with Gasteiger partial charge >= 0.3 is 0 Å². The standard InChI is InChI=1S/C15H13NO4/c1-8-3-2-4-10-13(8)15(20)16(14(10)19)11-6-5-9(17)7-12(11)18/h2-4,11H,5-7H2,1H3. The number of ketones is 2. The summed E-state index contributed by atoms with van der Waals surface area (Å²) < 4.78 is 0. The van der Waals surface area contributed by atoms with Crippen LogP contribution in [0, 0.1) is 6.92 Å². The van der Waals surface area contributed by atoms with Crippen molar-refractivity contribution in [3.63, 3.8) is 0 Å². The van der Waals surface area contributed by atoms with E-state index in [1.165, 1.54) is 0 Å². The van der Waals surface area contributed by atoms with Crippen molar-refractivity contribution in [3.05, 3.63) is 34.9 Å². The van der Waals surface area contributed by atoms with Crippen LogP contribution in [0.5, 0.6) is 0 Å². The normalized spacial score (nSPS) is 22.4. The van der Waals surface area contributed by atoms with Gasteiger partial charge in [0.15, 0.2) is 5.78 Å². The largest absolute Gasteiger partial charge is 0.299 e. The number of rotatable bonds is 1. The maximum Gasteiger partial charge on any atom is 0.262 e. The molecular weight excluding hydrogens is 258 g/mol. The average Bonchev–Trinajstić information content (AvgIpc) is 2.64. The number of nitrogens with zero attached hydrogens (tertiary/aromatic N) is 1. The van der Waals surface area contributed by atoms with Gasteiger partial charge in [0.25, 0.3) is 11.8 Å². The van der Waals surface area contributed by atoms with Crippen LogP contribution in [0.15, 0.2) is 18.2 Å². The third-order valence-corrected chi connectivity index (χ3v) is 3.91. The van der Waals surface area contributed by atoms with Crippen molar-refractivity contribution in [2.45, 2.75) is 32.2 Å². The van der Waals surface area contributed by atoms with Gasteiger partial charge in [0, 0.05) is 6.42 Å². The van der Waals surface area contributed by atoms with Gasteiger partial charge in [-0.3, -0.25) is 24.1 Å². The Morgan fingerprint density at radius 3 is 2.50 bits per heavy atom. The van der Waals surface area contributed by atoms with E-state index >= 15 is 0 Å². The first kappa shape index (κ1) is 12.7. The second-order valence-electron chi connectivity index (χ2n) is 5.21. The van der Waals surface area contributed by atoms with E-state index in [1.807, 2.05) is 0 Å². The zero-order chi connectivity index (χ0) is 14.4. The van der Waals surface area contributed by atoms with Crippen LogP contribution in [0.3, 0.4) is 0 Å². The van der Waals surface area contributed by atoms with E-state index in [1.54, 1.807) is 25.1 Å². The third kappa shape index (κ3) is 1.70. The molecule has 1 aromatic rings. The van der Waals surface area contributed by atoms with Crippen LogP contribution >= 0.6 is 0 Å². The Kier molecular flexibility index (Phi) is 2.78. The second-order valence-corrected chi connectivity index (χ2v) is 5.21. The number of carbonyl (C=O) groups excluding carboxylic acids is 4. The number of hydrogen-bond acceptors (Lipinski definition) is 4. The molecule has 5 heteroatoms. The fourth-order valence-corrected chi connectivity index (χ4v) is 2.89. The molecule has 1 saturated carbocycles. The van der Waals surface area contributed by atoms with Crippen LogP contribution < -0.4 is 0 Å². The Morgan fingerprint density at radius 2 is 1.85 bits per heavy atom. The lowest BCUT2D eigenvalue weighted by atomic mass is 9.92.